The van der Waals surface area contributed by atoms with Crippen LogP contribution in [-0.4, -0.2) is 37.1 Å². The summed E-state index contributed by atoms with van der Waals surface area (Å²) in [6.07, 6.45) is 2.81. The van der Waals surface area contributed by atoms with Gasteiger partial charge in [0.25, 0.3) is 5.91 Å². The number of rotatable bonds is 10. The third-order valence-corrected chi connectivity index (χ3v) is 4.69. The molecule has 0 aliphatic carbocycles. The van der Waals surface area contributed by atoms with Crippen molar-refractivity contribution in [3.8, 4) is 11.5 Å². The Labute approximate surface area is 206 Å². The van der Waals surface area contributed by atoms with Gasteiger partial charge in [-0.3, -0.25) is 14.4 Å². The van der Waals surface area contributed by atoms with Gasteiger partial charge in [-0.1, -0.05) is 23.7 Å². The Hall–Kier alpha value is -4.31. The second-order valence-corrected chi connectivity index (χ2v) is 7.32. The zero-order valence-corrected chi connectivity index (χ0v) is 19.5. The van der Waals surface area contributed by atoms with Crippen molar-refractivity contribution in [2.24, 2.45) is 5.10 Å². The molecule has 182 valence electrons. The Kier molecular flexibility index (Phi) is 9.26. The van der Waals surface area contributed by atoms with Gasteiger partial charge in [0, 0.05) is 0 Å². The summed E-state index contributed by atoms with van der Waals surface area (Å²) in [6, 6.07) is 15.1. The van der Waals surface area contributed by atoms with E-state index in [1.54, 1.807) is 61.5 Å². The number of ether oxygens (including phenoxy) is 2. The molecule has 1 heterocycles. The van der Waals surface area contributed by atoms with E-state index in [2.05, 4.69) is 21.2 Å². The number of amides is 3. The van der Waals surface area contributed by atoms with E-state index in [1.165, 1.54) is 12.5 Å². The molecule has 0 spiro atoms. The summed E-state index contributed by atoms with van der Waals surface area (Å²) < 4.78 is 16.3. The molecule has 0 aliphatic heterocycles. The SMILES string of the molecule is CCOc1cc(/C=N\NC(=O)C(=O)NCc2ccco2)ccc1OCC(=O)Nc1ccccc1Cl. The van der Waals surface area contributed by atoms with Gasteiger partial charge in [0.15, 0.2) is 18.1 Å². The van der Waals surface area contributed by atoms with Crippen LogP contribution in [0.3, 0.4) is 0 Å². The van der Waals surface area contributed by atoms with E-state index in [-0.39, 0.29) is 19.1 Å². The number of anilines is 1. The van der Waals surface area contributed by atoms with Crippen molar-refractivity contribution in [2.75, 3.05) is 18.5 Å². The highest BCUT2D eigenvalue weighted by molar-refractivity contribution is 6.35. The van der Waals surface area contributed by atoms with E-state index >= 15 is 0 Å². The van der Waals surface area contributed by atoms with Gasteiger partial charge in [-0.05, 0) is 55.0 Å². The molecule has 0 saturated carbocycles. The van der Waals surface area contributed by atoms with Crippen LogP contribution in [-0.2, 0) is 20.9 Å². The van der Waals surface area contributed by atoms with Crippen LogP contribution in [0.15, 0.2) is 70.4 Å². The fraction of sp³-hybridized carbons (Fsp3) is 0.167. The third kappa shape index (κ3) is 7.90. The molecule has 35 heavy (non-hydrogen) atoms. The van der Waals surface area contributed by atoms with Crippen molar-refractivity contribution in [1.29, 1.82) is 0 Å². The standard InChI is InChI=1S/C24H23ClN4O6/c1-2-33-21-12-16(13-27-29-24(32)23(31)26-14-17-6-5-11-34-17)9-10-20(21)35-15-22(30)28-19-8-4-3-7-18(19)25/h3-13H,2,14-15H2,1H3,(H,26,31)(H,28,30)(H,29,32)/b27-13-. The van der Waals surface area contributed by atoms with Gasteiger partial charge < -0.3 is 24.5 Å². The summed E-state index contributed by atoms with van der Waals surface area (Å²) in [6.45, 7) is 1.98. The molecule has 3 aromatic rings. The van der Waals surface area contributed by atoms with Crippen molar-refractivity contribution in [3.05, 3.63) is 77.2 Å². The van der Waals surface area contributed by atoms with Crippen LogP contribution in [0.4, 0.5) is 5.69 Å². The first-order chi connectivity index (χ1) is 17.0. The maximum absolute atomic E-state index is 12.2. The minimum absolute atomic E-state index is 0.0819. The Balaban J connectivity index is 1.53. The van der Waals surface area contributed by atoms with E-state index in [0.29, 0.717) is 40.1 Å². The highest BCUT2D eigenvalue weighted by Gasteiger charge is 2.13. The lowest BCUT2D eigenvalue weighted by Crippen LogP contribution is -2.37. The normalized spacial score (nSPS) is 10.6. The molecule has 0 saturated heterocycles. The number of nitrogens with one attached hydrogen (secondary N) is 3. The highest BCUT2D eigenvalue weighted by atomic mass is 35.5. The average Bonchev–Trinajstić information content (AvgIpc) is 3.37. The third-order valence-electron chi connectivity index (χ3n) is 4.36. The van der Waals surface area contributed by atoms with Crippen LogP contribution in [0.5, 0.6) is 11.5 Å². The second-order valence-electron chi connectivity index (χ2n) is 6.92. The molecule has 3 rings (SSSR count). The Morgan fingerprint density at radius 3 is 2.60 bits per heavy atom. The van der Waals surface area contributed by atoms with Crippen LogP contribution >= 0.6 is 11.6 Å². The molecule has 0 bridgehead atoms. The first kappa shape index (κ1) is 25.3. The summed E-state index contributed by atoms with van der Waals surface area (Å²) >= 11 is 6.04. The number of carbonyl (C=O) groups excluding carboxylic acids is 3. The summed E-state index contributed by atoms with van der Waals surface area (Å²) in [7, 11) is 0. The Morgan fingerprint density at radius 2 is 1.86 bits per heavy atom. The van der Waals surface area contributed by atoms with Crippen molar-refractivity contribution >= 4 is 41.2 Å². The lowest BCUT2D eigenvalue weighted by atomic mass is 10.2. The fourth-order valence-electron chi connectivity index (χ4n) is 2.76. The lowest BCUT2D eigenvalue weighted by Gasteiger charge is -2.13. The molecule has 1 aromatic heterocycles. The Bertz CT molecular complexity index is 1200. The summed E-state index contributed by atoms with van der Waals surface area (Å²) in [5.41, 5.74) is 3.20. The number of carbonyl (C=O) groups is 3. The molecule has 3 amide bonds. The number of furan rings is 1. The minimum Gasteiger partial charge on any atom is -0.490 e. The van der Waals surface area contributed by atoms with Crippen molar-refractivity contribution < 1.29 is 28.3 Å². The Morgan fingerprint density at radius 1 is 1.03 bits per heavy atom. The highest BCUT2D eigenvalue weighted by Crippen LogP contribution is 2.28. The second kappa shape index (κ2) is 12.8. The van der Waals surface area contributed by atoms with Crippen LogP contribution in [0.2, 0.25) is 5.02 Å². The molecule has 10 nitrogen and oxygen atoms in total. The zero-order chi connectivity index (χ0) is 25.0. The lowest BCUT2D eigenvalue weighted by molar-refractivity contribution is -0.139. The number of benzene rings is 2. The number of hydrazone groups is 1. The topological polar surface area (TPSA) is 131 Å². The van der Waals surface area contributed by atoms with Gasteiger partial charge in [0.1, 0.15) is 5.76 Å². The predicted molar refractivity (Wildman–Crippen MR) is 129 cm³/mol. The van der Waals surface area contributed by atoms with Gasteiger partial charge in [-0.2, -0.15) is 5.10 Å². The van der Waals surface area contributed by atoms with Crippen molar-refractivity contribution in [2.45, 2.75) is 13.5 Å². The van der Waals surface area contributed by atoms with Gasteiger partial charge in [-0.25, -0.2) is 5.43 Å². The maximum atomic E-state index is 12.2. The fourth-order valence-corrected chi connectivity index (χ4v) is 2.94. The molecule has 3 N–H and O–H groups in total. The van der Waals surface area contributed by atoms with E-state index in [4.69, 9.17) is 25.5 Å². The van der Waals surface area contributed by atoms with Gasteiger partial charge in [0.2, 0.25) is 0 Å². The molecule has 0 fully saturated rings. The summed E-state index contributed by atoms with van der Waals surface area (Å²) in [4.78, 5) is 35.9. The van der Waals surface area contributed by atoms with Crippen LogP contribution in [0.25, 0.3) is 0 Å². The van der Waals surface area contributed by atoms with E-state index in [1.807, 2.05) is 0 Å². The molecular weight excluding hydrogens is 476 g/mol. The maximum Gasteiger partial charge on any atom is 0.329 e. The van der Waals surface area contributed by atoms with Crippen molar-refractivity contribution in [1.82, 2.24) is 10.7 Å². The van der Waals surface area contributed by atoms with Crippen LogP contribution < -0.4 is 25.5 Å². The molecular formula is C24H23ClN4O6. The van der Waals surface area contributed by atoms with E-state index < -0.39 is 11.8 Å². The first-order valence-electron chi connectivity index (χ1n) is 10.5. The number of para-hydroxylation sites is 1. The predicted octanol–water partition coefficient (Wildman–Crippen LogP) is 3.12. The molecule has 0 aliphatic rings. The van der Waals surface area contributed by atoms with Gasteiger partial charge in [-0.15, -0.1) is 0 Å². The molecule has 0 unspecified atom stereocenters. The minimum atomic E-state index is -0.928. The first-order valence-corrected chi connectivity index (χ1v) is 10.9. The molecule has 2 aromatic carbocycles. The zero-order valence-electron chi connectivity index (χ0n) is 18.7. The van der Waals surface area contributed by atoms with Crippen LogP contribution in [0.1, 0.15) is 18.2 Å². The monoisotopic (exact) mass is 498 g/mol. The van der Waals surface area contributed by atoms with Gasteiger partial charge >= 0.3 is 11.8 Å². The van der Waals surface area contributed by atoms with E-state index in [0.717, 1.165) is 0 Å². The number of hydrogen-bond donors (Lipinski definition) is 3. The van der Waals surface area contributed by atoms with Crippen LogP contribution in [0, 0.1) is 0 Å². The molecule has 11 heteroatoms. The van der Waals surface area contributed by atoms with Gasteiger partial charge in [0.05, 0.1) is 36.3 Å². The van der Waals surface area contributed by atoms with Crippen molar-refractivity contribution in [3.63, 3.8) is 0 Å². The molecule has 0 radical (unpaired) electrons. The number of hydrogen-bond acceptors (Lipinski definition) is 7. The summed E-state index contributed by atoms with van der Waals surface area (Å²) in [5.74, 6) is -0.931. The average molecular weight is 499 g/mol. The smallest absolute Gasteiger partial charge is 0.329 e. The van der Waals surface area contributed by atoms with E-state index in [9.17, 15) is 14.4 Å². The quantitative estimate of drug-likeness (QED) is 0.223. The number of nitrogens with zero attached hydrogens (tertiary/aromatic N) is 1. The molecule has 0 atom stereocenters. The number of halogens is 1. The summed E-state index contributed by atoms with van der Waals surface area (Å²) in [5, 5.41) is 9.29. The largest absolute Gasteiger partial charge is 0.490 e.